The Morgan fingerprint density at radius 3 is 2.35 bits per heavy atom. The number of alkyl carbamates (subject to hydrolysis) is 1. The zero-order chi connectivity index (χ0) is 15.8. The fraction of sp³-hybridized carbons (Fsp3) is 0.846. The molecule has 0 aromatic heterocycles. The molecule has 3 N–H and O–H groups in total. The molecule has 0 heterocycles. The monoisotopic (exact) mass is 308 g/mol. The second kappa shape index (κ2) is 9.02. The number of unbranched alkanes of at least 4 members (excludes halogenated alkanes) is 1. The molecule has 0 bridgehead atoms. The van der Waals surface area contributed by atoms with Crippen LogP contribution in [0.25, 0.3) is 0 Å². The lowest BCUT2D eigenvalue weighted by molar-refractivity contribution is -0.147. The number of ether oxygens (including phenoxy) is 2. The van der Waals surface area contributed by atoms with Crippen LogP contribution < -0.4 is 11.1 Å². The van der Waals surface area contributed by atoms with E-state index in [0.717, 1.165) is 6.42 Å². The molecule has 0 aromatic rings. The number of hydrogen-bond donors (Lipinski definition) is 2. The van der Waals surface area contributed by atoms with Crippen molar-refractivity contribution < 1.29 is 19.1 Å². The van der Waals surface area contributed by atoms with Crippen LogP contribution in [0.5, 0.6) is 0 Å². The minimum Gasteiger partial charge on any atom is -0.445 e. The number of nitrogens with two attached hydrogens (primary N) is 1. The summed E-state index contributed by atoms with van der Waals surface area (Å²) in [7, 11) is 0. The van der Waals surface area contributed by atoms with Gasteiger partial charge in [0.1, 0.15) is 11.6 Å². The summed E-state index contributed by atoms with van der Waals surface area (Å²) in [6.45, 7) is 7.30. The zero-order valence-corrected chi connectivity index (χ0v) is 13.3. The Kier molecular flexibility index (Phi) is 8.57. The second-order valence-corrected chi connectivity index (χ2v) is 6.08. The molecule has 0 aliphatic heterocycles. The molecule has 6 nitrogen and oxygen atoms in total. The Morgan fingerprint density at radius 2 is 1.90 bits per heavy atom. The van der Waals surface area contributed by atoms with E-state index in [0.29, 0.717) is 19.4 Å². The predicted molar refractivity (Wildman–Crippen MR) is 77.5 cm³/mol. The van der Waals surface area contributed by atoms with Gasteiger partial charge in [0.2, 0.25) is 0 Å². The van der Waals surface area contributed by atoms with Crippen LogP contribution in [0.2, 0.25) is 0 Å². The third-order valence-electron chi connectivity index (χ3n) is 2.20. The second-order valence-electron chi connectivity index (χ2n) is 5.46. The average Bonchev–Trinajstić information content (AvgIpc) is 2.24. The standard InChI is InChI=1S/C13H25ClN2O4/c1-9(14)19-11(17)10(7-5-6-8-15)16-12(18)20-13(2,3)4/h9-10H,5-8,15H2,1-4H3,(H,16,18)/t9?,10-/m0/s1. The molecule has 0 saturated carbocycles. The van der Waals surface area contributed by atoms with Crippen molar-refractivity contribution >= 4 is 23.7 Å². The molecule has 118 valence electrons. The van der Waals surface area contributed by atoms with Crippen LogP contribution in [0, 0.1) is 0 Å². The van der Waals surface area contributed by atoms with Gasteiger partial charge in [-0.05, 0) is 53.5 Å². The van der Waals surface area contributed by atoms with Gasteiger partial charge in [0.05, 0.1) is 0 Å². The fourth-order valence-electron chi connectivity index (χ4n) is 1.43. The zero-order valence-electron chi connectivity index (χ0n) is 12.6. The van der Waals surface area contributed by atoms with Gasteiger partial charge in [0.25, 0.3) is 0 Å². The van der Waals surface area contributed by atoms with Gasteiger partial charge in [-0.1, -0.05) is 11.6 Å². The molecule has 0 radical (unpaired) electrons. The van der Waals surface area contributed by atoms with E-state index in [1.165, 1.54) is 6.92 Å². The topological polar surface area (TPSA) is 90.6 Å². The number of carbonyl (C=O) groups excluding carboxylic acids is 2. The summed E-state index contributed by atoms with van der Waals surface area (Å²) in [6.07, 6.45) is 1.23. The number of hydrogen-bond acceptors (Lipinski definition) is 5. The molecular formula is C13H25ClN2O4. The van der Waals surface area contributed by atoms with E-state index in [2.05, 4.69) is 5.32 Å². The summed E-state index contributed by atoms with van der Waals surface area (Å²) >= 11 is 5.61. The molecule has 7 heteroatoms. The van der Waals surface area contributed by atoms with E-state index in [4.69, 9.17) is 26.8 Å². The largest absolute Gasteiger partial charge is 0.445 e. The number of esters is 1. The molecule has 2 atom stereocenters. The molecule has 0 spiro atoms. The van der Waals surface area contributed by atoms with Crippen LogP contribution in [0.1, 0.15) is 47.0 Å². The highest BCUT2D eigenvalue weighted by Gasteiger charge is 2.25. The van der Waals surface area contributed by atoms with E-state index in [1.807, 2.05) is 0 Å². The first-order chi connectivity index (χ1) is 9.15. The lowest BCUT2D eigenvalue weighted by Gasteiger charge is -2.23. The molecular weight excluding hydrogens is 284 g/mol. The summed E-state index contributed by atoms with van der Waals surface area (Å²) in [5.74, 6) is -0.574. The lowest BCUT2D eigenvalue weighted by atomic mass is 10.1. The van der Waals surface area contributed by atoms with E-state index in [1.54, 1.807) is 20.8 Å². The third-order valence-corrected chi connectivity index (χ3v) is 2.29. The number of rotatable bonds is 7. The molecule has 1 unspecified atom stereocenters. The Balaban J connectivity index is 4.51. The van der Waals surface area contributed by atoms with Crippen molar-refractivity contribution in [2.75, 3.05) is 6.54 Å². The average molecular weight is 309 g/mol. The Hall–Kier alpha value is -1.01. The molecule has 20 heavy (non-hydrogen) atoms. The van der Waals surface area contributed by atoms with Crippen molar-refractivity contribution in [3.05, 3.63) is 0 Å². The van der Waals surface area contributed by atoms with Gasteiger partial charge in [0, 0.05) is 0 Å². The van der Waals surface area contributed by atoms with Crippen molar-refractivity contribution in [1.82, 2.24) is 5.32 Å². The molecule has 0 saturated heterocycles. The van der Waals surface area contributed by atoms with E-state index < -0.39 is 29.3 Å². The van der Waals surface area contributed by atoms with Crippen LogP contribution in [0.15, 0.2) is 0 Å². The SMILES string of the molecule is CC(Cl)OC(=O)[C@H](CCCCN)NC(=O)OC(C)(C)C. The molecule has 0 aromatic carbocycles. The van der Waals surface area contributed by atoms with Gasteiger partial charge in [-0.2, -0.15) is 0 Å². The number of amides is 1. The van der Waals surface area contributed by atoms with Crippen molar-refractivity contribution in [1.29, 1.82) is 0 Å². The maximum Gasteiger partial charge on any atom is 0.408 e. The Labute approximate surface area is 125 Å². The highest BCUT2D eigenvalue weighted by molar-refractivity contribution is 6.20. The van der Waals surface area contributed by atoms with Gasteiger partial charge in [-0.15, -0.1) is 0 Å². The van der Waals surface area contributed by atoms with Crippen molar-refractivity contribution in [3.63, 3.8) is 0 Å². The molecule has 1 amide bonds. The molecule has 0 aliphatic rings. The maximum absolute atomic E-state index is 11.8. The quantitative estimate of drug-likeness (QED) is 0.427. The van der Waals surface area contributed by atoms with Gasteiger partial charge < -0.3 is 20.5 Å². The number of halogens is 1. The highest BCUT2D eigenvalue weighted by Crippen LogP contribution is 2.10. The summed E-state index contributed by atoms with van der Waals surface area (Å²) in [4.78, 5) is 23.5. The number of alkyl halides is 1. The normalized spacial score (nSPS) is 14.3. The highest BCUT2D eigenvalue weighted by atomic mass is 35.5. The molecule has 0 aliphatic carbocycles. The first-order valence-electron chi connectivity index (χ1n) is 6.70. The number of nitrogens with one attached hydrogen (secondary N) is 1. The lowest BCUT2D eigenvalue weighted by Crippen LogP contribution is -2.44. The Morgan fingerprint density at radius 1 is 1.30 bits per heavy atom. The van der Waals surface area contributed by atoms with Crippen molar-refractivity contribution in [2.24, 2.45) is 5.73 Å². The van der Waals surface area contributed by atoms with E-state index >= 15 is 0 Å². The first kappa shape index (κ1) is 19.0. The summed E-state index contributed by atoms with van der Waals surface area (Å²) in [5, 5.41) is 2.50. The maximum atomic E-state index is 11.8. The van der Waals surface area contributed by atoms with Crippen LogP contribution in [0.3, 0.4) is 0 Å². The fourth-order valence-corrected chi connectivity index (χ4v) is 1.52. The van der Waals surface area contributed by atoms with Crippen molar-refractivity contribution in [2.45, 2.75) is 64.2 Å². The van der Waals surface area contributed by atoms with E-state index in [9.17, 15) is 9.59 Å². The molecule has 0 rings (SSSR count). The van der Waals surface area contributed by atoms with Gasteiger partial charge in [0.15, 0.2) is 5.56 Å². The van der Waals surface area contributed by atoms with Crippen molar-refractivity contribution in [3.8, 4) is 0 Å². The number of carbonyl (C=O) groups is 2. The van der Waals surface area contributed by atoms with Gasteiger partial charge in [-0.25, -0.2) is 9.59 Å². The van der Waals surface area contributed by atoms with Crippen LogP contribution in [-0.2, 0) is 14.3 Å². The summed E-state index contributed by atoms with van der Waals surface area (Å²) in [6, 6.07) is -0.780. The van der Waals surface area contributed by atoms with Crippen LogP contribution in [0.4, 0.5) is 4.79 Å². The smallest absolute Gasteiger partial charge is 0.408 e. The third kappa shape index (κ3) is 9.86. The van der Waals surface area contributed by atoms with Gasteiger partial charge >= 0.3 is 12.1 Å². The van der Waals surface area contributed by atoms with E-state index in [-0.39, 0.29) is 0 Å². The minimum absolute atomic E-state index is 0.429. The van der Waals surface area contributed by atoms with Crippen LogP contribution >= 0.6 is 11.6 Å². The minimum atomic E-state index is -0.780. The van der Waals surface area contributed by atoms with Crippen LogP contribution in [-0.4, -0.2) is 35.8 Å². The molecule has 0 fully saturated rings. The Bertz CT molecular complexity index is 316. The summed E-state index contributed by atoms with van der Waals surface area (Å²) in [5.41, 5.74) is 4.03. The summed E-state index contributed by atoms with van der Waals surface area (Å²) < 4.78 is 10.0. The predicted octanol–water partition coefficient (Wildman–Crippen LogP) is 2.14. The van der Waals surface area contributed by atoms with Gasteiger partial charge in [-0.3, -0.25) is 0 Å². The first-order valence-corrected chi connectivity index (χ1v) is 7.13.